The van der Waals surface area contributed by atoms with Crippen LogP contribution in [0, 0.1) is 23.7 Å². The van der Waals surface area contributed by atoms with Crippen LogP contribution < -0.4 is 5.32 Å². The van der Waals surface area contributed by atoms with Crippen LogP contribution in [0.1, 0.15) is 12.5 Å². The molecular weight excluding hydrogens is 250 g/mol. The largest absolute Gasteiger partial charge is 0.296 e. The lowest BCUT2D eigenvalue weighted by molar-refractivity contribution is -0.126. The normalized spacial score (nSPS) is 36.2. The van der Waals surface area contributed by atoms with Crippen molar-refractivity contribution in [2.24, 2.45) is 23.7 Å². The van der Waals surface area contributed by atoms with Crippen molar-refractivity contribution in [2.45, 2.75) is 6.92 Å². The zero-order chi connectivity index (χ0) is 13.9. The highest BCUT2D eigenvalue weighted by Crippen LogP contribution is 2.55. The molecule has 2 bridgehead atoms. The van der Waals surface area contributed by atoms with Crippen molar-refractivity contribution in [3.63, 3.8) is 0 Å². The first kappa shape index (κ1) is 11.6. The molecule has 3 nitrogen and oxygen atoms in total. The molecule has 1 heterocycles. The fourth-order valence-corrected chi connectivity index (χ4v) is 4.04. The van der Waals surface area contributed by atoms with E-state index in [4.69, 9.17) is 0 Å². The van der Waals surface area contributed by atoms with Crippen LogP contribution in [0.25, 0.3) is 5.57 Å². The molecule has 1 aromatic rings. The Morgan fingerprint density at radius 1 is 0.950 bits per heavy atom. The fourth-order valence-electron chi connectivity index (χ4n) is 4.04. The van der Waals surface area contributed by atoms with Gasteiger partial charge in [-0.3, -0.25) is 14.9 Å². The maximum absolute atomic E-state index is 12.0. The summed E-state index contributed by atoms with van der Waals surface area (Å²) in [5, 5.41) is 2.48. The predicted molar refractivity (Wildman–Crippen MR) is 75.3 cm³/mol. The summed E-state index contributed by atoms with van der Waals surface area (Å²) in [6.07, 6.45) is 4.21. The molecule has 20 heavy (non-hydrogen) atoms. The molecule has 1 aliphatic heterocycles. The van der Waals surface area contributed by atoms with Gasteiger partial charge in [0.2, 0.25) is 11.8 Å². The van der Waals surface area contributed by atoms with Gasteiger partial charge in [-0.15, -0.1) is 0 Å². The number of allylic oxidation sites excluding steroid dienone is 4. The van der Waals surface area contributed by atoms with Crippen LogP contribution in [0.2, 0.25) is 0 Å². The molecule has 2 fully saturated rings. The Bertz CT molecular complexity index is 639. The van der Waals surface area contributed by atoms with Crippen LogP contribution in [0.5, 0.6) is 0 Å². The molecule has 2 amide bonds. The lowest BCUT2D eigenvalue weighted by Gasteiger charge is -2.14. The molecule has 2 aliphatic carbocycles. The highest BCUT2D eigenvalue weighted by Gasteiger charge is 2.58. The molecule has 1 aromatic carbocycles. The average molecular weight is 265 g/mol. The summed E-state index contributed by atoms with van der Waals surface area (Å²) in [7, 11) is 0. The summed E-state index contributed by atoms with van der Waals surface area (Å²) in [4.78, 5) is 23.9. The van der Waals surface area contributed by atoms with E-state index in [1.807, 2.05) is 18.2 Å². The van der Waals surface area contributed by atoms with Crippen LogP contribution in [0.4, 0.5) is 0 Å². The van der Waals surface area contributed by atoms with Gasteiger partial charge in [0.25, 0.3) is 0 Å². The second kappa shape index (κ2) is 3.92. The molecule has 0 radical (unpaired) electrons. The number of imide groups is 1. The van der Waals surface area contributed by atoms with E-state index in [2.05, 4.69) is 36.5 Å². The Balaban J connectivity index is 1.84. The predicted octanol–water partition coefficient (Wildman–Crippen LogP) is 2.16. The van der Waals surface area contributed by atoms with Crippen molar-refractivity contribution in [3.05, 3.63) is 53.6 Å². The number of hydrogen-bond donors (Lipinski definition) is 1. The molecule has 0 unspecified atom stereocenters. The van der Waals surface area contributed by atoms with Crippen LogP contribution in [-0.4, -0.2) is 11.8 Å². The molecule has 3 heteroatoms. The van der Waals surface area contributed by atoms with Gasteiger partial charge in [-0.1, -0.05) is 48.1 Å². The van der Waals surface area contributed by atoms with Gasteiger partial charge in [0.1, 0.15) is 0 Å². The van der Waals surface area contributed by atoms with E-state index in [9.17, 15) is 9.59 Å². The monoisotopic (exact) mass is 265 g/mol. The third kappa shape index (κ3) is 1.35. The van der Waals surface area contributed by atoms with Gasteiger partial charge in [0.05, 0.1) is 11.8 Å². The molecule has 0 aromatic heterocycles. The SMILES string of the molecule is CC(=C1[C@H]2C=C[C@@H]1[C@@H]1C(=O)NC(=O)[C@H]12)c1ccccc1. The second-order valence-corrected chi connectivity index (χ2v) is 5.79. The maximum Gasteiger partial charge on any atom is 0.231 e. The lowest BCUT2D eigenvalue weighted by atomic mass is 9.85. The highest BCUT2D eigenvalue weighted by atomic mass is 16.2. The van der Waals surface area contributed by atoms with Gasteiger partial charge in [0, 0.05) is 11.8 Å². The molecule has 4 rings (SSSR count). The van der Waals surface area contributed by atoms with Crippen molar-refractivity contribution in [3.8, 4) is 0 Å². The standard InChI is InChI=1S/C17H15NO2/c1-9(10-5-3-2-4-6-10)13-11-7-8-12(13)15-14(11)16(19)18-17(15)20/h2-8,11-12,14-15H,1H3,(H,18,19,20)/t11-,12+,14-,15-/m0/s1. The number of carbonyl (C=O) groups is 2. The summed E-state index contributed by atoms with van der Waals surface area (Å²) in [5.74, 6) is -0.393. The van der Waals surface area contributed by atoms with Crippen molar-refractivity contribution in [1.29, 1.82) is 0 Å². The molecule has 0 spiro atoms. The summed E-state index contributed by atoms with van der Waals surface area (Å²) in [6, 6.07) is 10.2. The topological polar surface area (TPSA) is 46.2 Å². The second-order valence-electron chi connectivity index (χ2n) is 5.79. The Morgan fingerprint density at radius 3 is 2.05 bits per heavy atom. The number of rotatable bonds is 1. The lowest BCUT2D eigenvalue weighted by Crippen LogP contribution is -2.26. The van der Waals surface area contributed by atoms with Crippen molar-refractivity contribution in [2.75, 3.05) is 0 Å². The molecule has 100 valence electrons. The van der Waals surface area contributed by atoms with E-state index >= 15 is 0 Å². The number of hydrogen-bond acceptors (Lipinski definition) is 2. The Morgan fingerprint density at radius 2 is 1.50 bits per heavy atom. The van der Waals surface area contributed by atoms with E-state index in [0.717, 1.165) is 0 Å². The molecule has 1 saturated carbocycles. The first-order valence-corrected chi connectivity index (χ1v) is 6.97. The molecule has 1 saturated heterocycles. The first-order valence-electron chi connectivity index (χ1n) is 6.97. The smallest absolute Gasteiger partial charge is 0.231 e. The quantitative estimate of drug-likeness (QED) is 0.625. The van der Waals surface area contributed by atoms with E-state index < -0.39 is 0 Å². The maximum atomic E-state index is 12.0. The van der Waals surface area contributed by atoms with E-state index in [1.54, 1.807) is 0 Å². The highest BCUT2D eigenvalue weighted by molar-refractivity contribution is 6.07. The van der Waals surface area contributed by atoms with E-state index in [0.29, 0.717) is 0 Å². The Labute approximate surface area is 117 Å². The first-order chi connectivity index (χ1) is 9.68. The van der Waals surface area contributed by atoms with Crippen molar-refractivity contribution < 1.29 is 9.59 Å². The van der Waals surface area contributed by atoms with Gasteiger partial charge >= 0.3 is 0 Å². The van der Waals surface area contributed by atoms with Gasteiger partial charge in [-0.2, -0.15) is 0 Å². The molecule has 3 aliphatic rings. The van der Waals surface area contributed by atoms with E-state index in [1.165, 1.54) is 16.7 Å². The number of amides is 2. The van der Waals surface area contributed by atoms with Crippen molar-refractivity contribution in [1.82, 2.24) is 5.32 Å². The third-order valence-electron chi connectivity index (χ3n) is 4.90. The van der Waals surface area contributed by atoms with Crippen LogP contribution in [0.15, 0.2) is 48.1 Å². The van der Waals surface area contributed by atoms with Crippen LogP contribution in [0.3, 0.4) is 0 Å². The Kier molecular flexibility index (Phi) is 2.28. The summed E-state index contributed by atoms with van der Waals surface area (Å²) in [5.41, 5.74) is 3.64. The summed E-state index contributed by atoms with van der Waals surface area (Å²) >= 11 is 0. The van der Waals surface area contributed by atoms with Crippen molar-refractivity contribution >= 4 is 17.4 Å². The number of nitrogens with one attached hydrogen (secondary N) is 1. The zero-order valence-electron chi connectivity index (χ0n) is 11.2. The third-order valence-corrected chi connectivity index (χ3v) is 4.90. The molecular formula is C17H15NO2. The number of carbonyl (C=O) groups excluding carboxylic acids is 2. The van der Waals surface area contributed by atoms with Gasteiger partial charge in [0.15, 0.2) is 0 Å². The van der Waals surface area contributed by atoms with Crippen LogP contribution >= 0.6 is 0 Å². The Hall–Kier alpha value is -2.16. The fraction of sp³-hybridized carbons (Fsp3) is 0.294. The molecule has 1 N–H and O–H groups in total. The minimum Gasteiger partial charge on any atom is -0.296 e. The van der Waals surface area contributed by atoms with Gasteiger partial charge < -0.3 is 0 Å². The van der Waals surface area contributed by atoms with Gasteiger partial charge in [-0.05, 0) is 18.1 Å². The minimum absolute atomic E-state index is 0.0941. The number of benzene rings is 1. The summed E-state index contributed by atoms with van der Waals surface area (Å²) < 4.78 is 0. The van der Waals surface area contributed by atoms with Gasteiger partial charge in [-0.25, -0.2) is 0 Å². The number of fused-ring (bicyclic) bond motifs is 5. The summed E-state index contributed by atoms with van der Waals surface area (Å²) in [6.45, 7) is 2.10. The average Bonchev–Trinajstić information content (AvgIpc) is 3.10. The van der Waals surface area contributed by atoms with Crippen LogP contribution in [-0.2, 0) is 9.59 Å². The minimum atomic E-state index is -0.189. The molecule has 4 atom stereocenters. The van der Waals surface area contributed by atoms with E-state index in [-0.39, 0.29) is 35.5 Å². The zero-order valence-corrected chi connectivity index (χ0v) is 11.2.